The molecule has 3 aromatic rings. The highest BCUT2D eigenvalue weighted by Crippen LogP contribution is 2.36. The lowest BCUT2D eigenvalue weighted by Crippen LogP contribution is -2.54. The summed E-state index contributed by atoms with van der Waals surface area (Å²) in [5.74, 6) is 0. The largest absolute Gasteiger partial charge is 0.335 e. The minimum absolute atomic E-state index is 0.00884. The number of benzene rings is 2. The van der Waals surface area contributed by atoms with E-state index in [1.54, 1.807) is 0 Å². The molecule has 0 radical (unpaired) electrons. The summed E-state index contributed by atoms with van der Waals surface area (Å²) in [5.41, 5.74) is 4.98. The summed E-state index contributed by atoms with van der Waals surface area (Å²) in [4.78, 5) is 21.6. The summed E-state index contributed by atoms with van der Waals surface area (Å²) in [6.45, 7) is 6.19. The van der Waals surface area contributed by atoms with Crippen LogP contribution >= 0.6 is 0 Å². The van der Waals surface area contributed by atoms with Crippen molar-refractivity contribution in [2.75, 3.05) is 24.5 Å². The molecule has 168 valence electrons. The van der Waals surface area contributed by atoms with Gasteiger partial charge in [-0.1, -0.05) is 24.3 Å². The number of amides is 2. The van der Waals surface area contributed by atoms with Gasteiger partial charge in [-0.3, -0.25) is 9.80 Å². The molecule has 5 rings (SSSR count). The Balaban J connectivity index is 1.25. The van der Waals surface area contributed by atoms with Gasteiger partial charge in [0, 0.05) is 44.6 Å². The second-order valence-corrected chi connectivity index (χ2v) is 9.16. The average Bonchev–Trinajstić information content (AvgIpc) is 3.39. The number of piperidine rings is 1. The first-order chi connectivity index (χ1) is 16.1. The van der Waals surface area contributed by atoms with Crippen LogP contribution in [0.2, 0.25) is 0 Å². The van der Waals surface area contributed by atoms with Gasteiger partial charge >= 0.3 is 6.03 Å². The van der Waals surface area contributed by atoms with Gasteiger partial charge in [-0.15, -0.1) is 0 Å². The second-order valence-electron chi connectivity index (χ2n) is 9.16. The smallest absolute Gasteiger partial charge is 0.322 e. The number of aryl methyl sites for hydroxylation is 1. The number of nitriles is 1. The lowest BCUT2D eigenvalue weighted by molar-refractivity contribution is 0.160. The van der Waals surface area contributed by atoms with Crippen LogP contribution < -0.4 is 10.2 Å². The minimum Gasteiger partial charge on any atom is -0.335 e. The van der Waals surface area contributed by atoms with Gasteiger partial charge in [-0.05, 0) is 55.2 Å². The second kappa shape index (κ2) is 8.72. The predicted octanol–water partition coefficient (Wildman–Crippen LogP) is 3.68. The number of carbonyl (C=O) groups is 1. The Morgan fingerprint density at radius 1 is 1.12 bits per heavy atom. The number of nitrogens with zero attached hydrogens (tertiary/aromatic N) is 5. The first-order valence-corrected chi connectivity index (χ1v) is 11.4. The van der Waals surface area contributed by atoms with Gasteiger partial charge in [0.15, 0.2) is 0 Å². The number of rotatable bonds is 5. The number of imidazole rings is 1. The van der Waals surface area contributed by atoms with Crippen LogP contribution in [0.3, 0.4) is 0 Å². The number of hydrogen-bond donors (Lipinski definition) is 1. The minimum atomic E-state index is -0.163. The van der Waals surface area contributed by atoms with Crippen LogP contribution in [0, 0.1) is 18.3 Å². The molecular formula is C26H28N6O. The average molecular weight is 441 g/mol. The first kappa shape index (κ1) is 21.2. The number of likely N-dealkylation sites (tertiary alicyclic amines) is 1. The number of aromatic nitrogens is 2. The van der Waals surface area contributed by atoms with E-state index in [0.29, 0.717) is 12.1 Å². The van der Waals surface area contributed by atoms with Crippen LogP contribution in [0.5, 0.6) is 0 Å². The van der Waals surface area contributed by atoms with E-state index in [4.69, 9.17) is 5.26 Å². The molecule has 2 amide bonds. The number of nitrogens with one attached hydrogen (secondary N) is 1. The normalized spacial score (nSPS) is 17.8. The molecule has 7 nitrogen and oxygen atoms in total. The van der Waals surface area contributed by atoms with Gasteiger partial charge in [0.1, 0.15) is 0 Å². The van der Waals surface area contributed by atoms with Crippen LogP contribution in [-0.4, -0.2) is 45.7 Å². The Kier molecular flexibility index (Phi) is 5.61. The molecule has 2 aromatic carbocycles. The first-order valence-electron chi connectivity index (χ1n) is 11.4. The summed E-state index contributed by atoms with van der Waals surface area (Å²) in [5, 5.41) is 12.1. The fraction of sp³-hybridized carbons (Fsp3) is 0.346. The van der Waals surface area contributed by atoms with Crippen molar-refractivity contribution in [1.29, 1.82) is 5.26 Å². The predicted molar refractivity (Wildman–Crippen MR) is 127 cm³/mol. The molecule has 2 saturated heterocycles. The van der Waals surface area contributed by atoms with Crippen molar-refractivity contribution in [1.82, 2.24) is 19.8 Å². The molecule has 1 N–H and O–H groups in total. The number of hydrogen-bond acceptors (Lipinski definition) is 4. The van der Waals surface area contributed by atoms with Crippen LogP contribution in [0.25, 0.3) is 0 Å². The highest BCUT2D eigenvalue weighted by atomic mass is 16.2. The van der Waals surface area contributed by atoms with Crippen molar-refractivity contribution in [2.45, 2.75) is 38.4 Å². The van der Waals surface area contributed by atoms with E-state index in [1.807, 2.05) is 53.8 Å². The van der Waals surface area contributed by atoms with E-state index < -0.39 is 0 Å². The SMILES string of the molecule is Cc1cccc(N2C(=O)NCC23CCN(Cc2cncn2Cc2ccc(C#N)cc2)CC3)c1. The third kappa shape index (κ3) is 4.22. The molecule has 2 fully saturated rings. The van der Waals surface area contributed by atoms with Crippen molar-refractivity contribution in [3.63, 3.8) is 0 Å². The lowest BCUT2D eigenvalue weighted by atomic mass is 9.86. The van der Waals surface area contributed by atoms with Gasteiger partial charge in [0.2, 0.25) is 0 Å². The zero-order chi connectivity index (χ0) is 22.8. The molecule has 7 heteroatoms. The van der Waals surface area contributed by atoms with Gasteiger partial charge in [0.25, 0.3) is 0 Å². The standard InChI is InChI=1S/C26H28N6O/c1-20-3-2-4-23(13-20)32-25(33)29-18-26(32)9-11-30(12-10-26)17-24-15-28-19-31(24)16-22-7-5-21(14-27)6-8-22/h2-8,13,15,19H,9-12,16-18H2,1H3,(H,29,33). The van der Waals surface area contributed by atoms with E-state index in [2.05, 4.69) is 44.9 Å². The Morgan fingerprint density at radius 3 is 2.64 bits per heavy atom. The van der Waals surface area contributed by atoms with Gasteiger partial charge in [-0.2, -0.15) is 5.26 Å². The summed E-state index contributed by atoms with van der Waals surface area (Å²) in [6.07, 6.45) is 5.68. The van der Waals surface area contributed by atoms with Crippen molar-refractivity contribution < 1.29 is 4.79 Å². The maximum absolute atomic E-state index is 12.7. The summed E-state index contributed by atoms with van der Waals surface area (Å²) >= 11 is 0. The molecule has 3 heterocycles. The molecule has 2 aliphatic rings. The fourth-order valence-corrected chi connectivity index (χ4v) is 5.03. The van der Waals surface area contributed by atoms with Crippen LogP contribution in [-0.2, 0) is 13.1 Å². The van der Waals surface area contributed by atoms with Crippen LogP contribution in [0.15, 0.2) is 61.1 Å². The molecule has 0 atom stereocenters. The van der Waals surface area contributed by atoms with Crippen LogP contribution in [0.4, 0.5) is 10.5 Å². The third-order valence-electron chi connectivity index (χ3n) is 6.91. The van der Waals surface area contributed by atoms with E-state index in [9.17, 15) is 4.79 Å². The monoisotopic (exact) mass is 440 g/mol. The molecular weight excluding hydrogens is 412 g/mol. The topological polar surface area (TPSA) is 77.2 Å². The highest BCUT2D eigenvalue weighted by Gasteiger charge is 2.47. The summed E-state index contributed by atoms with van der Waals surface area (Å²) in [7, 11) is 0. The van der Waals surface area contributed by atoms with E-state index in [0.717, 1.165) is 55.8 Å². The van der Waals surface area contributed by atoms with Crippen molar-refractivity contribution >= 4 is 11.7 Å². The summed E-state index contributed by atoms with van der Waals surface area (Å²) < 4.78 is 2.17. The molecule has 1 spiro atoms. The Hall–Kier alpha value is -3.63. The van der Waals surface area contributed by atoms with Crippen LogP contribution in [0.1, 0.15) is 35.2 Å². The molecule has 0 bridgehead atoms. The lowest BCUT2D eigenvalue weighted by Gasteiger charge is -2.43. The number of anilines is 1. The Morgan fingerprint density at radius 2 is 1.91 bits per heavy atom. The molecule has 1 aromatic heterocycles. The van der Waals surface area contributed by atoms with Crippen molar-refractivity contribution in [3.8, 4) is 6.07 Å². The van der Waals surface area contributed by atoms with Crippen molar-refractivity contribution in [3.05, 3.63) is 83.4 Å². The van der Waals surface area contributed by atoms with E-state index in [-0.39, 0.29) is 11.6 Å². The maximum Gasteiger partial charge on any atom is 0.322 e. The molecule has 33 heavy (non-hydrogen) atoms. The Labute approximate surface area is 194 Å². The zero-order valence-corrected chi connectivity index (χ0v) is 18.9. The quantitative estimate of drug-likeness (QED) is 0.657. The molecule has 2 aliphatic heterocycles. The zero-order valence-electron chi connectivity index (χ0n) is 18.9. The Bertz CT molecular complexity index is 1180. The molecule has 0 saturated carbocycles. The summed E-state index contributed by atoms with van der Waals surface area (Å²) in [6, 6.07) is 18.1. The molecule has 0 unspecified atom stereocenters. The van der Waals surface area contributed by atoms with E-state index >= 15 is 0 Å². The van der Waals surface area contributed by atoms with Crippen molar-refractivity contribution in [2.24, 2.45) is 0 Å². The third-order valence-corrected chi connectivity index (χ3v) is 6.91. The van der Waals surface area contributed by atoms with Gasteiger partial charge in [0.05, 0.1) is 29.2 Å². The van der Waals surface area contributed by atoms with Gasteiger partial charge < -0.3 is 9.88 Å². The number of urea groups is 1. The fourth-order valence-electron chi connectivity index (χ4n) is 5.03. The molecule has 0 aliphatic carbocycles. The number of carbonyl (C=O) groups excluding carboxylic acids is 1. The van der Waals surface area contributed by atoms with E-state index in [1.165, 1.54) is 5.69 Å². The van der Waals surface area contributed by atoms with Gasteiger partial charge in [-0.25, -0.2) is 9.78 Å². The highest BCUT2D eigenvalue weighted by molar-refractivity contribution is 5.96. The maximum atomic E-state index is 12.7.